The molecule has 8 heteroatoms. The molecule has 0 amide bonds. The van der Waals surface area contributed by atoms with Crippen LogP contribution in [0, 0.1) is 6.92 Å². The summed E-state index contributed by atoms with van der Waals surface area (Å²) in [6, 6.07) is 5.56. The third-order valence-corrected chi connectivity index (χ3v) is 3.67. The Hall–Kier alpha value is -2.61. The van der Waals surface area contributed by atoms with Gasteiger partial charge in [-0.15, -0.1) is 0 Å². The average molecular weight is 319 g/mol. The Morgan fingerprint density at radius 1 is 1.45 bits per heavy atom. The second-order valence-corrected chi connectivity index (χ2v) is 5.35. The molecule has 2 heterocycles. The molecule has 0 aliphatic carbocycles. The van der Waals surface area contributed by atoms with Gasteiger partial charge >= 0.3 is 5.97 Å². The van der Waals surface area contributed by atoms with Crippen LogP contribution in [0.15, 0.2) is 22.6 Å². The van der Waals surface area contributed by atoms with Gasteiger partial charge in [0, 0.05) is 6.92 Å². The number of nitrogens with zero attached hydrogens (tertiary/aromatic N) is 2. The van der Waals surface area contributed by atoms with Crippen LogP contribution in [0.3, 0.4) is 0 Å². The van der Waals surface area contributed by atoms with E-state index in [0.29, 0.717) is 11.5 Å². The van der Waals surface area contributed by atoms with Crippen molar-refractivity contribution < 1.29 is 18.7 Å². The van der Waals surface area contributed by atoms with E-state index in [1.54, 1.807) is 6.92 Å². The maximum atomic E-state index is 11.7. The summed E-state index contributed by atoms with van der Waals surface area (Å²) in [7, 11) is 1.28. The van der Waals surface area contributed by atoms with Crippen molar-refractivity contribution in [2.45, 2.75) is 13.5 Å². The van der Waals surface area contributed by atoms with E-state index in [4.69, 9.17) is 14.9 Å². The van der Waals surface area contributed by atoms with E-state index in [1.807, 2.05) is 18.2 Å². The average Bonchev–Trinajstić information content (AvgIpc) is 3.05. The summed E-state index contributed by atoms with van der Waals surface area (Å²) in [5, 5.41) is 0.267. The third kappa shape index (κ3) is 2.60. The van der Waals surface area contributed by atoms with Crippen molar-refractivity contribution in [1.29, 1.82) is 0 Å². The largest absolute Gasteiger partial charge is 0.472 e. The molecule has 2 N–H and O–H groups in total. The summed E-state index contributed by atoms with van der Waals surface area (Å²) in [6.07, 6.45) is 0. The molecule has 0 bridgehead atoms. The second-order valence-electron chi connectivity index (χ2n) is 4.54. The minimum absolute atomic E-state index is 0.157. The number of carbonyl (C=O) groups excluding carboxylic acids is 1. The monoisotopic (exact) mass is 319 g/mol. The van der Waals surface area contributed by atoms with Crippen LogP contribution >= 0.6 is 11.5 Å². The van der Waals surface area contributed by atoms with Gasteiger partial charge in [-0.2, -0.15) is 4.37 Å². The number of esters is 1. The Balaban J connectivity index is 1.80. The summed E-state index contributed by atoms with van der Waals surface area (Å²) in [5.41, 5.74) is 8.21. The Bertz CT molecular complexity index is 840. The lowest BCUT2D eigenvalue weighted by Crippen LogP contribution is -2.06. The predicted molar refractivity (Wildman–Crippen MR) is 80.9 cm³/mol. The Morgan fingerprint density at radius 3 is 3.05 bits per heavy atom. The third-order valence-electron chi connectivity index (χ3n) is 3.01. The van der Waals surface area contributed by atoms with Gasteiger partial charge in [-0.1, -0.05) is 6.07 Å². The molecule has 0 radical (unpaired) electrons. The van der Waals surface area contributed by atoms with Crippen molar-refractivity contribution in [3.63, 3.8) is 0 Å². The van der Waals surface area contributed by atoms with Crippen LogP contribution in [-0.2, 0) is 11.3 Å². The highest BCUT2D eigenvalue weighted by Crippen LogP contribution is 2.29. The molecule has 0 unspecified atom stereocenters. The van der Waals surface area contributed by atoms with Gasteiger partial charge in [-0.25, -0.2) is 9.78 Å². The summed E-state index contributed by atoms with van der Waals surface area (Å²) in [4.78, 5) is 15.9. The number of aromatic nitrogens is 2. The van der Waals surface area contributed by atoms with Crippen molar-refractivity contribution in [3.05, 3.63) is 35.2 Å². The summed E-state index contributed by atoms with van der Waals surface area (Å²) in [6.45, 7) is 2.01. The Labute approximate surface area is 129 Å². The number of carbonyl (C=O) groups is 1. The maximum absolute atomic E-state index is 11.7. The highest BCUT2D eigenvalue weighted by molar-refractivity contribution is 7.10. The predicted octanol–water partition coefficient (Wildman–Crippen LogP) is 2.54. The number of aryl methyl sites for hydroxylation is 1. The van der Waals surface area contributed by atoms with Crippen molar-refractivity contribution in [2.75, 3.05) is 12.8 Å². The molecule has 0 fully saturated rings. The minimum atomic E-state index is -0.567. The molecule has 0 spiro atoms. The zero-order valence-electron chi connectivity index (χ0n) is 12.0. The first-order valence-electron chi connectivity index (χ1n) is 6.41. The maximum Gasteiger partial charge on any atom is 0.346 e. The highest BCUT2D eigenvalue weighted by Gasteiger charge is 2.21. The fourth-order valence-corrected chi connectivity index (χ4v) is 2.59. The van der Waals surface area contributed by atoms with Crippen LogP contribution in [0.4, 0.5) is 5.00 Å². The number of methoxy groups -OCH3 is 1. The van der Waals surface area contributed by atoms with Crippen molar-refractivity contribution in [1.82, 2.24) is 9.36 Å². The molecule has 0 aliphatic rings. The van der Waals surface area contributed by atoms with E-state index >= 15 is 0 Å². The zero-order chi connectivity index (χ0) is 15.7. The Kier molecular flexibility index (Phi) is 3.68. The van der Waals surface area contributed by atoms with E-state index in [9.17, 15) is 4.79 Å². The number of hydrogen-bond acceptors (Lipinski definition) is 8. The number of benzene rings is 1. The number of anilines is 1. The molecule has 22 heavy (non-hydrogen) atoms. The van der Waals surface area contributed by atoms with Gasteiger partial charge in [0.05, 0.1) is 7.11 Å². The van der Waals surface area contributed by atoms with Crippen LogP contribution in [0.25, 0.3) is 11.1 Å². The van der Waals surface area contributed by atoms with Gasteiger partial charge in [0.15, 0.2) is 17.0 Å². The van der Waals surface area contributed by atoms with E-state index in [1.165, 1.54) is 7.11 Å². The topological polar surface area (TPSA) is 100 Å². The number of oxazole rings is 1. The van der Waals surface area contributed by atoms with Gasteiger partial charge in [0.2, 0.25) is 5.88 Å². The normalized spacial score (nSPS) is 10.8. The molecule has 0 aliphatic heterocycles. The van der Waals surface area contributed by atoms with Crippen LogP contribution in [0.5, 0.6) is 5.88 Å². The molecule has 7 nitrogen and oxygen atoms in total. The zero-order valence-corrected chi connectivity index (χ0v) is 12.8. The molecular weight excluding hydrogens is 306 g/mol. The Morgan fingerprint density at radius 2 is 2.27 bits per heavy atom. The SMILES string of the molecule is COC(=O)c1c(OCc2ccc3nc(C)oc3c2)nsc1N. The second kappa shape index (κ2) is 5.64. The minimum Gasteiger partial charge on any atom is -0.472 e. The van der Waals surface area contributed by atoms with Crippen LogP contribution in [0.1, 0.15) is 21.8 Å². The van der Waals surface area contributed by atoms with E-state index in [0.717, 1.165) is 22.6 Å². The van der Waals surface area contributed by atoms with E-state index in [2.05, 4.69) is 14.1 Å². The number of rotatable bonds is 4. The molecular formula is C14H13N3O4S. The number of nitrogens with two attached hydrogens (primary N) is 1. The summed E-state index contributed by atoms with van der Waals surface area (Å²) < 4.78 is 19.7. The fraction of sp³-hybridized carbons (Fsp3) is 0.214. The molecule has 0 saturated heterocycles. The number of fused-ring (bicyclic) bond motifs is 1. The number of nitrogen functional groups attached to an aromatic ring is 1. The van der Waals surface area contributed by atoms with Gasteiger partial charge in [-0.3, -0.25) is 0 Å². The van der Waals surface area contributed by atoms with Crippen LogP contribution in [0.2, 0.25) is 0 Å². The summed E-state index contributed by atoms with van der Waals surface area (Å²) in [5.74, 6) is 0.207. The van der Waals surface area contributed by atoms with Gasteiger partial charge in [0.1, 0.15) is 17.1 Å². The number of ether oxygens (including phenoxy) is 2. The first kappa shape index (κ1) is 14.3. The van der Waals surface area contributed by atoms with Crippen molar-refractivity contribution in [2.24, 2.45) is 0 Å². The summed E-state index contributed by atoms with van der Waals surface area (Å²) >= 11 is 0.989. The molecule has 3 aromatic rings. The van der Waals surface area contributed by atoms with Crippen molar-refractivity contribution in [3.8, 4) is 5.88 Å². The lowest BCUT2D eigenvalue weighted by atomic mass is 10.2. The van der Waals surface area contributed by atoms with Crippen molar-refractivity contribution >= 4 is 33.6 Å². The number of hydrogen-bond donors (Lipinski definition) is 1. The lowest BCUT2D eigenvalue weighted by Gasteiger charge is -2.05. The lowest BCUT2D eigenvalue weighted by molar-refractivity contribution is 0.0597. The van der Waals surface area contributed by atoms with Gasteiger partial charge in [-0.05, 0) is 29.2 Å². The fourth-order valence-electron chi connectivity index (χ4n) is 2.00. The molecule has 1 aromatic carbocycles. The molecule has 114 valence electrons. The quantitative estimate of drug-likeness (QED) is 0.737. The van der Waals surface area contributed by atoms with E-state index < -0.39 is 5.97 Å². The molecule has 0 saturated carbocycles. The standard InChI is InChI=1S/C14H13N3O4S/c1-7-16-9-4-3-8(5-10(9)21-7)6-20-13-11(14(18)19-2)12(15)22-17-13/h3-5H,6,15H2,1-2H3. The van der Waals surface area contributed by atoms with Crippen LogP contribution < -0.4 is 10.5 Å². The van der Waals surface area contributed by atoms with Gasteiger partial charge < -0.3 is 19.6 Å². The highest BCUT2D eigenvalue weighted by atomic mass is 32.1. The first-order valence-corrected chi connectivity index (χ1v) is 7.18. The van der Waals surface area contributed by atoms with Crippen LogP contribution in [-0.4, -0.2) is 22.4 Å². The first-order chi connectivity index (χ1) is 10.6. The smallest absolute Gasteiger partial charge is 0.346 e. The van der Waals surface area contributed by atoms with E-state index in [-0.39, 0.29) is 23.1 Å². The van der Waals surface area contributed by atoms with Gasteiger partial charge in [0.25, 0.3) is 0 Å². The molecule has 3 rings (SSSR count). The molecule has 0 atom stereocenters. The molecule has 2 aromatic heterocycles.